The fraction of sp³-hybridized carbons (Fsp3) is 0.429. The molecule has 0 aromatic rings. The van der Waals surface area contributed by atoms with Crippen LogP contribution in [0.2, 0.25) is 0 Å². The summed E-state index contributed by atoms with van der Waals surface area (Å²) in [5.74, 6) is -1.59. The van der Waals surface area contributed by atoms with Gasteiger partial charge in [0, 0.05) is 6.92 Å². The molecule has 0 fully saturated rings. The van der Waals surface area contributed by atoms with Gasteiger partial charge in [-0.3, -0.25) is 9.59 Å². The van der Waals surface area contributed by atoms with Crippen molar-refractivity contribution in [1.82, 2.24) is 0 Å². The molecule has 1 unspecified atom stereocenters. The average molecular weight is 173 g/mol. The first-order valence-electron chi connectivity index (χ1n) is 3.26. The second kappa shape index (κ2) is 4.50. The molecule has 1 atom stereocenters. The number of aliphatic carboxylic acids is 1. The van der Waals surface area contributed by atoms with E-state index in [1.54, 1.807) is 0 Å². The molecule has 0 aliphatic heterocycles. The van der Waals surface area contributed by atoms with Gasteiger partial charge in [0.2, 0.25) is 0 Å². The summed E-state index contributed by atoms with van der Waals surface area (Å²) in [5, 5.41) is 8.31. The van der Waals surface area contributed by atoms with Gasteiger partial charge in [0.05, 0.1) is 0 Å². The Labute approximate surface area is 69.8 Å². The Morgan fingerprint density at radius 1 is 1.67 bits per heavy atom. The van der Waals surface area contributed by atoms with E-state index in [4.69, 9.17) is 10.8 Å². The fourth-order valence-corrected chi connectivity index (χ4v) is 0.363. The third-order valence-electron chi connectivity index (χ3n) is 1.15. The highest BCUT2D eigenvalue weighted by Gasteiger charge is 2.13. The van der Waals surface area contributed by atoms with Gasteiger partial charge in [-0.25, -0.2) is 0 Å². The van der Waals surface area contributed by atoms with Crippen LogP contribution in [-0.4, -0.2) is 29.5 Å². The number of hydrogen-bond donors (Lipinski definition) is 2. The molecule has 0 saturated heterocycles. The summed E-state index contributed by atoms with van der Waals surface area (Å²) < 4.78 is 4.68. The van der Waals surface area contributed by atoms with Crippen LogP contribution in [-0.2, 0) is 14.3 Å². The second-order valence-corrected chi connectivity index (χ2v) is 2.24. The molecule has 0 rings (SSSR count). The molecule has 12 heavy (non-hydrogen) atoms. The molecule has 0 saturated carbocycles. The Balaban J connectivity index is 3.76. The van der Waals surface area contributed by atoms with Gasteiger partial charge in [-0.05, 0) is 0 Å². The summed E-state index contributed by atoms with van der Waals surface area (Å²) in [6.45, 7) is 4.30. The first-order chi connectivity index (χ1) is 5.45. The quantitative estimate of drug-likeness (QED) is 0.433. The Morgan fingerprint density at radius 3 is 2.50 bits per heavy atom. The number of ketones is 1. The minimum absolute atomic E-state index is 0.0771. The zero-order valence-corrected chi connectivity index (χ0v) is 6.74. The molecule has 0 aliphatic rings. The maximum absolute atomic E-state index is 10.5. The lowest BCUT2D eigenvalue weighted by Crippen LogP contribution is -2.35. The van der Waals surface area contributed by atoms with Crippen molar-refractivity contribution >= 4 is 11.8 Å². The highest BCUT2D eigenvalue weighted by Crippen LogP contribution is 1.95. The molecule has 0 bridgehead atoms. The van der Waals surface area contributed by atoms with Crippen molar-refractivity contribution in [1.29, 1.82) is 0 Å². The number of Topliss-reactive ketones (excluding diaryl/α,β-unsaturated/α-hetero) is 1. The van der Waals surface area contributed by atoms with Gasteiger partial charge < -0.3 is 15.6 Å². The normalized spacial score (nSPS) is 11.8. The number of hydrogen-bond acceptors (Lipinski definition) is 4. The molecular formula is C7H11NO4. The Kier molecular flexibility index (Phi) is 3.99. The molecular weight excluding hydrogens is 162 g/mol. The number of carboxylic acids is 1. The number of carbonyl (C=O) groups excluding carboxylic acids is 1. The van der Waals surface area contributed by atoms with Crippen LogP contribution in [0.15, 0.2) is 12.3 Å². The minimum Gasteiger partial charge on any atom is -0.488 e. The van der Waals surface area contributed by atoms with E-state index in [2.05, 4.69) is 11.3 Å². The lowest BCUT2D eigenvalue weighted by molar-refractivity contribution is -0.140. The van der Waals surface area contributed by atoms with Crippen LogP contribution in [0.3, 0.4) is 0 Å². The molecule has 0 spiro atoms. The summed E-state index contributed by atoms with van der Waals surface area (Å²) >= 11 is 0. The Hall–Kier alpha value is -1.36. The predicted octanol–water partition coefficient (Wildman–Crippen LogP) is -0.482. The van der Waals surface area contributed by atoms with E-state index in [0.717, 1.165) is 0 Å². The first-order valence-corrected chi connectivity index (χ1v) is 3.26. The number of carboxylic acid groups (broad SMARTS) is 1. The lowest BCUT2D eigenvalue weighted by atomic mass is 10.3. The summed E-state index contributed by atoms with van der Waals surface area (Å²) in [5.41, 5.74) is 5.09. The number of carbonyl (C=O) groups is 2. The molecule has 0 radical (unpaired) electrons. The van der Waals surface area contributed by atoms with Gasteiger partial charge in [0.1, 0.15) is 12.6 Å². The molecule has 0 aromatic carbocycles. The third-order valence-corrected chi connectivity index (χ3v) is 1.15. The molecule has 0 heterocycles. The van der Waals surface area contributed by atoms with Gasteiger partial charge in [-0.1, -0.05) is 6.58 Å². The molecule has 5 nitrogen and oxygen atoms in total. The van der Waals surface area contributed by atoms with Crippen molar-refractivity contribution in [3.8, 4) is 0 Å². The monoisotopic (exact) mass is 173 g/mol. The zero-order valence-electron chi connectivity index (χ0n) is 6.74. The first kappa shape index (κ1) is 10.6. The van der Waals surface area contributed by atoms with E-state index in [0.29, 0.717) is 0 Å². The van der Waals surface area contributed by atoms with Crippen LogP contribution in [0.1, 0.15) is 6.92 Å². The summed E-state index contributed by atoms with van der Waals surface area (Å²) in [6, 6.07) is -1.12. The van der Waals surface area contributed by atoms with Crippen LogP contribution in [0.4, 0.5) is 0 Å². The van der Waals surface area contributed by atoms with Gasteiger partial charge in [0.25, 0.3) is 0 Å². The lowest BCUT2D eigenvalue weighted by Gasteiger charge is -2.08. The van der Waals surface area contributed by atoms with Crippen LogP contribution >= 0.6 is 0 Å². The number of ether oxygens (including phenoxy) is 1. The smallest absolute Gasteiger partial charge is 0.324 e. The van der Waals surface area contributed by atoms with Crippen LogP contribution in [0.5, 0.6) is 0 Å². The van der Waals surface area contributed by atoms with E-state index in [9.17, 15) is 9.59 Å². The molecule has 68 valence electrons. The minimum atomic E-state index is -1.17. The van der Waals surface area contributed by atoms with Gasteiger partial charge in [-0.15, -0.1) is 0 Å². The maximum Gasteiger partial charge on any atom is 0.324 e. The standard InChI is InChI=1S/C7H11NO4/c1-4(9)5(2)12-3-6(8)7(10)11/h6H,2-3,8H2,1H3,(H,10,11). The van der Waals surface area contributed by atoms with Crippen molar-refractivity contribution < 1.29 is 19.4 Å². The highest BCUT2D eigenvalue weighted by atomic mass is 16.5. The Morgan fingerprint density at radius 2 is 2.17 bits per heavy atom. The van der Waals surface area contributed by atoms with E-state index >= 15 is 0 Å². The molecule has 0 amide bonds. The van der Waals surface area contributed by atoms with Crippen molar-refractivity contribution in [2.75, 3.05) is 6.61 Å². The van der Waals surface area contributed by atoms with Crippen LogP contribution in [0, 0.1) is 0 Å². The SMILES string of the molecule is C=C(OCC(N)C(=O)O)C(C)=O. The zero-order chi connectivity index (χ0) is 9.72. The van der Waals surface area contributed by atoms with Gasteiger partial charge >= 0.3 is 5.97 Å². The summed E-state index contributed by atoms with van der Waals surface area (Å²) in [7, 11) is 0. The fourth-order valence-electron chi connectivity index (χ4n) is 0.363. The van der Waals surface area contributed by atoms with E-state index < -0.39 is 12.0 Å². The van der Waals surface area contributed by atoms with Crippen molar-refractivity contribution in [3.63, 3.8) is 0 Å². The van der Waals surface area contributed by atoms with Crippen LogP contribution in [0.25, 0.3) is 0 Å². The molecule has 3 N–H and O–H groups in total. The average Bonchev–Trinajstić information content (AvgIpc) is 1.98. The summed E-state index contributed by atoms with van der Waals surface area (Å²) in [6.07, 6.45) is 0. The molecule has 0 aromatic heterocycles. The topological polar surface area (TPSA) is 89.6 Å². The van der Waals surface area contributed by atoms with E-state index in [1.807, 2.05) is 0 Å². The van der Waals surface area contributed by atoms with Crippen molar-refractivity contribution in [2.45, 2.75) is 13.0 Å². The van der Waals surface area contributed by atoms with Crippen LogP contribution < -0.4 is 5.73 Å². The molecule has 5 heteroatoms. The largest absolute Gasteiger partial charge is 0.488 e. The number of nitrogens with two attached hydrogens (primary N) is 1. The number of rotatable bonds is 5. The van der Waals surface area contributed by atoms with E-state index in [-0.39, 0.29) is 18.1 Å². The van der Waals surface area contributed by atoms with Crippen molar-refractivity contribution in [2.24, 2.45) is 5.73 Å². The summed E-state index contributed by atoms with van der Waals surface area (Å²) in [4.78, 5) is 20.7. The number of allylic oxidation sites excluding steroid dienone is 1. The second-order valence-electron chi connectivity index (χ2n) is 2.24. The molecule has 0 aliphatic carbocycles. The van der Waals surface area contributed by atoms with E-state index in [1.165, 1.54) is 6.92 Å². The van der Waals surface area contributed by atoms with Crippen molar-refractivity contribution in [3.05, 3.63) is 12.3 Å². The predicted molar refractivity (Wildman–Crippen MR) is 41.4 cm³/mol. The highest BCUT2D eigenvalue weighted by molar-refractivity contribution is 5.90. The maximum atomic E-state index is 10.5. The van der Waals surface area contributed by atoms with Gasteiger partial charge in [-0.2, -0.15) is 0 Å². The third kappa shape index (κ3) is 3.72. The Bertz CT molecular complexity index is 211. The van der Waals surface area contributed by atoms with Gasteiger partial charge in [0.15, 0.2) is 11.5 Å².